The van der Waals surface area contributed by atoms with Gasteiger partial charge in [-0.1, -0.05) is 11.6 Å². The first-order valence-electron chi connectivity index (χ1n) is 6.26. The van der Waals surface area contributed by atoms with Crippen LogP contribution in [0.15, 0.2) is 6.07 Å². The molecule has 1 aromatic rings. The Kier molecular flexibility index (Phi) is 5.16. The van der Waals surface area contributed by atoms with Crippen LogP contribution >= 0.6 is 11.6 Å². The minimum absolute atomic E-state index is 0.376. The van der Waals surface area contributed by atoms with Crippen LogP contribution in [0.4, 0.5) is 5.82 Å². The number of aromatic nitrogens is 2. The summed E-state index contributed by atoms with van der Waals surface area (Å²) in [4.78, 5) is 10.9. The van der Waals surface area contributed by atoms with Crippen molar-refractivity contribution in [3.63, 3.8) is 0 Å². The van der Waals surface area contributed by atoms with E-state index in [2.05, 4.69) is 20.2 Å². The molecule has 2 heterocycles. The summed E-state index contributed by atoms with van der Waals surface area (Å²) >= 11 is 5.93. The standard InChI is InChI=1S/C12H19ClN4O/c1-18-9-12-15-10(13)8-11(16-12)14-4-7-17-5-2-3-6-17/h8H,2-7,9H2,1H3,(H,14,15,16). The molecule has 1 aromatic heterocycles. The molecule has 1 aliphatic rings. The van der Waals surface area contributed by atoms with Crippen molar-refractivity contribution >= 4 is 17.4 Å². The summed E-state index contributed by atoms with van der Waals surface area (Å²) in [5.74, 6) is 1.37. The van der Waals surface area contributed by atoms with Gasteiger partial charge in [-0.05, 0) is 25.9 Å². The third-order valence-corrected chi connectivity index (χ3v) is 3.14. The predicted molar refractivity (Wildman–Crippen MR) is 71.9 cm³/mol. The minimum atomic E-state index is 0.376. The molecule has 1 saturated heterocycles. The lowest BCUT2D eigenvalue weighted by Gasteiger charge is -2.15. The number of methoxy groups -OCH3 is 1. The summed E-state index contributed by atoms with van der Waals surface area (Å²) in [6.45, 7) is 4.71. The highest BCUT2D eigenvalue weighted by molar-refractivity contribution is 6.29. The third kappa shape index (κ3) is 4.08. The summed E-state index contributed by atoms with van der Waals surface area (Å²) in [6.07, 6.45) is 2.63. The van der Waals surface area contributed by atoms with Gasteiger partial charge in [0.2, 0.25) is 0 Å². The first-order chi connectivity index (χ1) is 8.78. The van der Waals surface area contributed by atoms with Gasteiger partial charge in [-0.2, -0.15) is 0 Å². The molecule has 0 spiro atoms. The molecule has 1 aliphatic heterocycles. The second-order valence-corrected chi connectivity index (χ2v) is 4.79. The largest absolute Gasteiger partial charge is 0.377 e. The van der Waals surface area contributed by atoms with Gasteiger partial charge in [0.1, 0.15) is 17.6 Å². The van der Waals surface area contributed by atoms with Gasteiger partial charge in [-0.25, -0.2) is 9.97 Å². The highest BCUT2D eigenvalue weighted by atomic mass is 35.5. The van der Waals surface area contributed by atoms with E-state index in [0.29, 0.717) is 17.6 Å². The van der Waals surface area contributed by atoms with Gasteiger partial charge in [0, 0.05) is 26.3 Å². The quantitative estimate of drug-likeness (QED) is 0.799. The van der Waals surface area contributed by atoms with Crippen molar-refractivity contribution in [2.75, 3.05) is 38.6 Å². The average molecular weight is 271 g/mol. The second kappa shape index (κ2) is 6.87. The van der Waals surface area contributed by atoms with Crippen molar-refractivity contribution in [2.45, 2.75) is 19.4 Å². The van der Waals surface area contributed by atoms with Gasteiger partial charge in [0.25, 0.3) is 0 Å². The molecule has 0 radical (unpaired) electrons. The van der Waals surface area contributed by atoms with Gasteiger partial charge in [0.05, 0.1) is 0 Å². The summed E-state index contributed by atoms with van der Waals surface area (Å²) in [5.41, 5.74) is 0. The number of hydrogen-bond acceptors (Lipinski definition) is 5. The second-order valence-electron chi connectivity index (χ2n) is 4.40. The van der Waals surface area contributed by atoms with Crippen molar-refractivity contribution in [2.24, 2.45) is 0 Å². The van der Waals surface area contributed by atoms with Crippen LogP contribution in [0.2, 0.25) is 5.15 Å². The van der Waals surface area contributed by atoms with Crippen molar-refractivity contribution in [3.05, 3.63) is 17.0 Å². The Labute approximate surface area is 113 Å². The van der Waals surface area contributed by atoms with Crippen LogP contribution in [0.25, 0.3) is 0 Å². The fourth-order valence-electron chi connectivity index (χ4n) is 2.10. The number of anilines is 1. The molecule has 1 fully saturated rings. The predicted octanol–water partition coefficient (Wildman–Crippen LogP) is 1.78. The Bertz CT molecular complexity index is 382. The van der Waals surface area contributed by atoms with Gasteiger partial charge in [-0.3, -0.25) is 0 Å². The van der Waals surface area contributed by atoms with Gasteiger partial charge < -0.3 is 15.0 Å². The first-order valence-corrected chi connectivity index (χ1v) is 6.64. The van der Waals surface area contributed by atoms with Crippen LogP contribution in [0.1, 0.15) is 18.7 Å². The zero-order valence-corrected chi connectivity index (χ0v) is 11.4. The first kappa shape index (κ1) is 13.5. The number of ether oxygens (including phenoxy) is 1. The van der Waals surface area contributed by atoms with E-state index in [-0.39, 0.29) is 0 Å². The monoisotopic (exact) mass is 270 g/mol. The maximum atomic E-state index is 5.93. The highest BCUT2D eigenvalue weighted by Gasteiger charge is 2.10. The van der Waals surface area contributed by atoms with E-state index < -0.39 is 0 Å². The lowest BCUT2D eigenvalue weighted by Crippen LogP contribution is -2.26. The van der Waals surface area contributed by atoms with Crippen LogP contribution in [0.3, 0.4) is 0 Å². The van der Waals surface area contributed by atoms with Crippen LogP contribution in [-0.2, 0) is 11.3 Å². The molecule has 18 heavy (non-hydrogen) atoms. The van der Waals surface area contributed by atoms with Crippen LogP contribution in [0, 0.1) is 0 Å². The number of hydrogen-bond donors (Lipinski definition) is 1. The van der Waals surface area contributed by atoms with Crippen molar-refractivity contribution in [3.8, 4) is 0 Å². The van der Waals surface area contributed by atoms with Crippen molar-refractivity contribution < 1.29 is 4.74 Å². The smallest absolute Gasteiger partial charge is 0.158 e. The fraction of sp³-hybridized carbons (Fsp3) is 0.667. The molecule has 5 nitrogen and oxygen atoms in total. The molecule has 0 amide bonds. The molecule has 0 unspecified atom stereocenters. The maximum Gasteiger partial charge on any atom is 0.158 e. The van der Waals surface area contributed by atoms with E-state index in [9.17, 15) is 0 Å². The highest BCUT2D eigenvalue weighted by Crippen LogP contribution is 2.12. The zero-order valence-electron chi connectivity index (χ0n) is 10.7. The number of rotatable bonds is 6. The molecule has 2 rings (SSSR count). The number of likely N-dealkylation sites (tertiary alicyclic amines) is 1. The molecule has 0 saturated carbocycles. The number of nitrogens with zero attached hydrogens (tertiary/aromatic N) is 3. The van der Waals surface area contributed by atoms with E-state index in [4.69, 9.17) is 16.3 Å². The minimum Gasteiger partial charge on any atom is -0.377 e. The average Bonchev–Trinajstić information content (AvgIpc) is 2.82. The van der Waals surface area contributed by atoms with E-state index in [1.165, 1.54) is 25.9 Å². The van der Waals surface area contributed by atoms with Crippen molar-refractivity contribution in [1.82, 2.24) is 14.9 Å². The normalized spacial score (nSPS) is 16.1. The van der Waals surface area contributed by atoms with Crippen LogP contribution in [0.5, 0.6) is 0 Å². The van der Waals surface area contributed by atoms with Crippen LogP contribution in [-0.4, -0.2) is 48.2 Å². The number of nitrogens with one attached hydrogen (secondary N) is 1. The Hall–Kier alpha value is -0.910. The van der Waals surface area contributed by atoms with Crippen molar-refractivity contribution in [1.29, 1.82) is 0 Å². The molecule has 100 valence electrons. The summed E-state index contributed by atoms with van der Waals surface area (Å²) in [6, 6.07) is 1.74. The Balaban J connectivity index is 1.83. The molecule has 6 heteroatoms. The molecular weight excluding hydrogens is 252 g/mol. The Morgan fingerprint density at radius 2 is 2.17 bits per heavy atom. The zero-order chi connectivity index (χ0) is 12.8. The molecule has 1 N–H and O–H groups in total. The lowest BCUT2D eigenvalue weighted by molar-refractivity contribution is 0.178. The van der Waals surface area contributed by atoms with E-state index >= 15 is 0 Å². The van der Waals surface area contributed by atoms with Crippen LogP contribution < -0.4 is 5.32 Å². The van der Waals surface area contributed by atoms with E-state index in [0.717, 1.165) is 18.9 Å². The van der Waals surface area contributed by atoms with Gasteiger partial charge in [-0.15, -0.1) is 0 Å². The molecular formula is C12H19ClN4O. The molecule has 0 bridgehead atoms. The maximum absolute atomic E-state index is 5.93. The SMILES string of the molecule is COCc1nc(Cl)cc(NCCN2CCCC2)n1. The summed E-state index contributed by atoms with van der Waals surface area (Å²) in [7, 11) is 1.62. The fourth-order valence-corrected chi connectivity index (χ4v) is 2.30. The van der Waals surface area contributed by atoms with E-state index in [1.807, 2.05) is 0 Å². The molecule has 0 aromatic carbocycles. The van der Waals surface area contributed by atoms with Gasteiger partial charge in [0.15, 0.2) is 5.82 Å². The van der Waals surface area contributed by atoms with E-state index in [1.54, 1.807) is 13.2 Å². The van der Waals surface area contributed by atoms with Gasteiger partial charge >= 0.3 is 0 Å². The molecule has 0 atom stereocenters. The number of halogens is 1. The summed E-state index contributed by atoms with van der Waals surface area (Å²) in [5, 5.41) is 3.72. The third-order valence-electron chi connectivity index (χ3n) is 2.95. The Morgan fingerprint density at radius 1 is 1.39 bits per heavy atom. The topological polar surface area (TPSA) is 50.3 Å². The molecule has 0 aliphatic carbocycles. The lowest BCUT2D eigenvalue weighted by atomic mass is 10.4. The Morgan fingerprint density at radius 3 is 2.89 bits per heavy atom. The summed E-state index contributed by atoms with van der Waals surface area (Å²) < 4.78 is 5.00.